The Labute approximate surface area is 108 Å². The van der Waals surface area contributed by atoms with E-state index in [-0.39, 0.29) is 17.3 Å². The van der Waals surface area contributed by atoms with Crippen molar-refractivity contribution in [3.8, 4) is 0 Å². The van der Waals surface area contributed by atoms with Gasteiger partial charge in [0.2, 0.25) is 5.76 Å². The van der Waals surface area contributed by atoms with Crippen molar-refractivity contribution in [2.24, 2.45) is 0 Å². The van der Waals surface area contributed by atoms with Crippen LogP contribution in [0.1, 0.15) is 61.9 Å². The predicted octanol–water partition coefficient (Wildman–Crippen LogP) is 3.05. The Balaban J connectivity index is 2.02. The molecule has 0 bridgehead atoms. The number of rotatable bonds is 4. The van der Waals surface area contributed by atoms with Crippen LogP contribution >= 0.6 is 0 Å². The molecule has 1 aliphatic rings. The van der Waals surface area contributed by atoms with Gasteiger partial charge in [0.05, 0.1) is 13.2 Å². The van der Waals surface area contributed by atoms with Crippen LogP contribution < -0.4 is 5.32 Å². The van der Waals surface area contributed by atoms with Gasteiger partial charge in [0.1, 0.15) is 5.76 Å². The highest BCUT2D eigenvalue weighted by atomic mass is 16.5. The largest absolute Gasteiger partial charge is 0.463 e. The minimum atomic E-state index is -0.430. The zero-order valence-electron chi connectivity index (χ0n) is 11.3. The highest BCUT2D eigenvalue weighted by Gasteiger charge is 2.30. The molecular weight excluding hydrogens is 230 g/mol. The lowest BCUT2D eigenvalue weighted by molar-refractivity contribution is 0.0562. The molecule has 1 fully saturated rings. The fourth-order valence-corrected chi connectivity index (χ4v) is 2.69. The minimum Gasteiger partial charge on any atom is -0.463 e. The number of methoxy groups -OCH3 is 1. The van der Waals surface area contributed by atoms with Crippen LogP contribution in [-0.2, 0) is 4.74 Å². The Hall–Kier alpha value is -1.29. The van der Waals surface area contributed by atoms with Gasteiger partial charge < -0.3 is 14.5 Å². The number of ether oxygens (including phenoxy) is 1. The van der Waals surface area contributed by atoms with E-state index in [1.54, 1.807) is 6.07 Å². The first-order valence-corrected chi connectivity index (χ1v) is 6.50. The lowest BCUT2D eigenvalue weighted by Crippen LogP contribution is -2.40. The van der Waals surface area contributed by atoms with E-state index < -0.39 is 5.97 Å². The number of nitrogens with one attached hydrogen (secondary N) is 1. The third-order valence-electron chi connectivity index (χ3n) is 3.71. The molecule has 0 spiro atoms. The van der Waals surface area contributed by atoms with Gasteiger partial charge >= 0.3 is 5.97 Å². The maximum atomic E-state index is 11.3. The fraction of sp³-hybridized carbons (Fsp3) is 0.643. The minimum absolute atomic E-state index is 0.103. The molecule has 2 rings (SSSR count). The first-order chi connectivity index (χ1) is 8.54. The van der Waals surface area contributed by atoms with Gasteiger partial charge in [-0.2, -0.15) is 0 Å². The smallest absolute Gasteiger partial charge is 0.373 e. The summed E-state index contributed by atoms with van der Waals surface area (Å²) < 4.78 is 10.1. The van der Waals surface area contributed by atoms with Gasteiger partial charge in [0, 0.05) is 5.54 Å². The average Bonchev–Trinajstić information content (AvgIpc) is 2.97. The monoisotopic (exact) mass is 251 g/mol. The maximum Gasteiger partial charge on any atom is 0.373 e. The molecular formula is C14H21NO3. The summed E-state index contributed by atoms with van der Waals surface area (Å²) in [5, 5.41) is 3.60. The molecule has 0 amide bonds. The Morgan fingerprint density at radius 3 is 2.72 bits per heavy atom. The van der Waals surface area contributed by atoms with Crippen molar-refractivity contribution in [1.82, 2.24) is 5.32 Å². The molecule has 0 radical (unpaired) electrons. The fourth-order valence-electron chi connectivity index (χ4n) is 2.69. The van der Waals surface area contributed by atoms with E-state index in [9.17, 15) is 4.79 Å². The van der Waals surface area contributed by atoms with E-state index in [4.69, 9.17) is 4.42 Å². The molecule has 0 saturated heterocycles. The van der Waals surface area contributed by atoms with Crippen LogP contribution in [0.4, 0.5) is 0 Å². The van der Waals surface area contributed by atoms with Crippen molar-refractivity contribution in [1.29, 1.82) is 0 Å². The van der Waals surface area contributed by atoms with Gasteiger partial charge in [-0.3, -0.25) is 0 Å². The lowest BCUT2D eigenvalue weighted by Gasteiger charge is -2.28. The quantitative estimate of drug-likeness (QED) is 0.836. The summed E-state index contributed by atoms with van der Waals surface area (Å²) in [6.45, 7) is 4.31. The molecule has 1 atom stereocenters. The Kier molecular flexibility index (Phi) is 3.76. The summed E-state index contributed by atoms with van der Waals surface area (Å²) in [7, 11) is 1.35. The number of hydrogen-bond acceptors (Lipinski definition) is 4. The highest BCUT2D eigenvalue weighted by molar-refractivity contribution is 5.86. The maximum absolute atomic E-state index is 11.3. The summed E-state index contributed by atoms with van der Waals surface area (Å²) in [4.78, 5) is 11.3. The highest BCUT2D eigenvalue weighted by Crippen LogP contribution is 2.31. The van der Waals surface area contributed by atoms with Gasteiger partial charge in [0.15, 0.2) is 0 Å². The van der Waals surface area contributed by atoms with Crippen LogP contribution in [0, 0.1) is 0 Å². The number of hydrogen-bond donors (Lipinski definition) is 1. The van der Waals surface area contributed by atoms with E-state index >= 15 is 0 Å². The first-order valence-electron chi connectivity index (χ1n) is 6.50. The van der Waals surface area contributed by atoms with Gasteiger partial charge in [-0.15, -0.1) is 0 Å². The van der Waals surface area contributed by atoms with Gasteiger partial charge in [-0.05, 0) is 38.8 Å². The van der Waals surface area contributed by atoms with Gasteiger partial charge in [-0.25, -0.2) is 4.79 Å². The Morgan fingerprint density at radius 2 is 2.11 bits per heavy atom. The molecule has 0 aromatic carbocycles. The normalized spacial score (nSPS) is 19.7. The van der Waals surface area contributed by atoms with Crippen molar-refractivity contribution >= 4 is 5.97 Å². The molecule has 1 aromatic heterocycles. The summed E-state index contributed by atoms with van der Waals surface area (Å²) >= 11 is 0. The zero-order chi connectivity index (χ0) is 13.2. The summed E-state index contributed by atoms with van der Waals surface area (Å²) in [5.41, 5.74) is 0.192. The summed E-state index contributed by atoms with van der Waals surface area (Å²) in [5.74, 6) is 0.613. The molecule has 1 aromatic rings. The number of esters is 1. The third-order valence-corrected chi connectivity index (χ3v) is 3.71. The molecule has 1 aliphatic carbocycles. The topological polar surface area (TPSA) is 51.5 Å². The standard InChI is InChI=1S/C14H21NO3/c1-10(15-14(2)8-4-5-9-14)11-6-7-12(18-11)13(16)17-3/h6-7,10,15H,4-5,8-9H2,1-3H3. The molecule has 100 valence electrons. The van der Waals surface area contributed by atoms with Crippen LogP contribution in [-0.4, -0.2) is 18.6 Å². The second-order valence-electron chi connectivity index (χ2n) is 5.33. The van der Waals surface area contributed by atoms with E-state index in [2.05, 4.69) is 23.9 Å². The van der Waals surface area contributed by atoms with E-state index in [1.807, 2.05) is 6.07 Å². The van der Waals surface area contributed by atoms with E-state index in [0.29, 0.717) is 0 Å². The Morgan fingerprint density at radius 1 is 1.44 bits per heavy atom. The second-order valence-corrected chi connectivity index (χ2v) is 5.33. The average molecular weight is 251 g/mol. The number of carbonyl (C=O) groups is 1. The second kappa shape index (κ2) is 5.14. The van der Waals surface area contributed by atoms with Crippen LogP contribution in [0.2, 0.25) is 0 Å². The van der Waals surface area contributed by atoms with Crippen molar-refractivity contribution < 1.29 is 13.9 Å². The van der Waals surface area contributed by atoms with Crippen LogP contribution in [0.25, 0.3) is 0 Å². The number of furan rings is 1. The first kappa shape index (κ1) is 13.1. The van der Waals surface area contributed by atoms with Crippen LogP contribution in [0.3, 0.4) is 0 Å². The van der Waals surface area contributed by atoms with Gasteiger partial charge in [-0.1, -0.05) is 12.8 Å². The Bertz CT molecular complexity index is 418. The molecule has 4 heteroatoms. The lowest BCUT2D eigenvalue weighted by atomic mass is 9.99. The summed E-state index contributed by atoms with van der Waals surface area (Å²) in [6, 6.07) is 3.60. The van der Waals surface area contributed by atoms with E-state index in [1.165, 1.54) is 32.8 Å². The number of carbonyl (C=O) groups excluding carboxylic acids is 1. The summed E-state index contributed by atoms with van der Waals surface area (Å²) in [6.07, 6.45) is 4.95. The molecule has 18 heavy (non-hydrogen) atoms. The predicted molar refractivity (Wildman–Crippen MR) is 68.5 cm³/mol. The van der Waals surface area contributed by atoms with E-state index in [0.717, 1.165) is 5.76 Å². The van der Waals surface area contributed by atoms with Crippen molar-refractivity contribution in [2.45, 2.75) is 51.1 Å². The van der Waals surface area contributed by atoms with Crippen LogP contribution in [0.15, 0.2) is 16.5 Å². The van der Waals surface area contributed by atoms with Crippen molar-refractivity contribution in [2.75, 3.05) is 7.11 Å². The molecule has 4 nitrogen and oxygen atoms in total. The van der Waals surface area contributed by atoms with Crippen molar-refractivity contribution in [3.05, 3.63) is 23.7 Å². The van der Waals surface area contributed by atoms with Gasteiger partial charge in [0.25, 0.3) is 0 Å². The van der Waals surface area contributed by atoms with Crippen LogP contribution in [0.5, 0.6) is 0 Å². The molecule has 1 N–H and O–H groups in total. The third kappa shape index (κ3) is 2.75. The molecule has 1 saturated carbocycles. The molecule has 1 unspecified atom stereocenters. The molecule has 1 heterocycles. The molecule has 0 aliphatic heterocycles. The zero-order valence-corrected chi connectivity index (χ0v) is 11.3. The SMILES string of the molecule is COC(=O)c1ccc(C(C)NC2(C)CCCC2)o1. The van der Waals surface area contributed by atoms with Crippen molar-refractivity contribution in [3.63, 3.8) is 0 Å².